The van der Waals surface area contributed by atoms with E-state index in [-0.39, 0.29) is 5.91 Å². The van der Waals surface area contributed by atoms with Gasteiger partial charge in [0.2, 0.25) is 0 Å². The van der Waals surface area contributed by atoms with E-state index in [0.717, 1.165) is 22.5 Å². The lowest BCUT2D eigenvalue weighted by Gasteiger charge is -2.05. The molecule has 0 aliphatic heterocycles. The zero-order valence-corrected chi connectivity index (χ0v) is 16.4. The van der Waals surface area contributed by atoms with Gasteiger partial charge in [-0.2, -0.15) is 10.2 Å². The third-order valence-electron chi connectivity index (χ3n) is 4.53. The van der Waals surface area contributed by atoms with Crippen LogP contribution in [0.1, 0.15) is 15.9 Å². The minimum Gasteiger partial charge on any atom is -0.496 e. The van der Waals surface area contributed by atoms with E-state index in [1.54, 1.807) is 29.1 Å². The fourth-order valence-electron chi connectivity index (χ4n) is 3.07. The molecular weight excluding hydrogens is 376 g/mol. The predicted molar refractivity (Wildman–Crippen MR) is 117 cm³/mol. The molecule has 6 nitrogen and oxygen atoms in total. The number of methoxy groups -OCH3 is 1. The van der Waals surface area contributed by atoms with Crippen LogP contribution in [-0.4, -0.2) is 29.0 Å². The lowest BCUT2D eigenvalue weighted by atomic mass is 10.1. The quantitative estimate of drug-likeness (QED) is 0.390. The van der Waals surface area contributed by atoms with Crippen molar-refractivity contribution >= 4 is 12.1 Å². The first-order valence-corrected chi connectivity index (χ1v) is 9.43. The zero-order valence-electron chi connectivity index (χ0n) is 16.4. The Labute approximate surface area is 174 Å². The van der Waals surface area contributed by atoms with Gasteiger partial charge in [0.05, 0.1) is 24.6 Å². The summed E-state index contributed by atoms with van der Waals surface area (Å²) in [6, 6.07) is 26.7. The predicted octanol–water partition coefficient (Wildman–Crippen LogP) is 4.31. The summed E-state index contributed by atoms with van der Waals surface area (Å²) in [5.74, 6) is 0.146. The van der Waals surface area contributed by atoms with Gasteiger partial charge in [-0.3, -0.25) is 4.79 Å². The summed E-state index contributed by atoms with van der Waals surface area (Å²) in [6.45, 7) is 0. The number of hydrazone groups is 1. The summed E-state index contributed by atoms with van der Waals surface area (Å²) in [5, 5.41) is 8.88. The second-order valence-corrected chi connectivity index (χ2v) is 6.48. The molecule has 148 valence electrons. The number of nitrogens with zero attached hydrogens (tertiary/aromatic N) is 3. The van der Waals surface area contributed by atoms with Gasteiger partial charge in [-0.15, -0.1) is 0 Å². The number of amides is 1. The lowest BCUT2D eigenvalue weighted by Crippen LogP contribution is -2.18. The first kappa shape index (κ1) is 19.1. The Morgan fingerprint density at radius 1 is 0.967 bits per heavy atom. The van der Waals surface area contributed by atoms with E-state index < -0.39 is 0 Å². The van der Waals surface area contributed by atoms with Gasteiger partial charge in [0.15, 0.2) is 0 Å². The van der Waals surface area contributed by atoms with E-state index in [0.29, 0.717) is 11.3 Å². The van der Waals surface area contributed by atoms with Crippen LogP contribution in [0.4, 0.5) is 0 Å². The van der Waals surface area contributed by atoms with Gasteiger partial charge in [-0.25, -0.2) is 10.1 Å². The number of carbonyl (C=O) groups excluding carboxylic acids is 1. The molecule has 0 saturated heterocycles. The summed E-state index contributed by atoms with van der Waals surface area (Å²) in [7, 11) is 1.53. The zero-order chi connectivity index (χ0) is 20.8. The van der Waals surface area contributed by atoms with Crippen molar-refractivity contribution in [3.63, 3.8) is 0 Å². The Morgan fingerprint density at radius 2 is 1.63 bits per heavy atom. The van der Waals surface area contributed by atoms with Crippen molar-refractivity contribution in [1.82, 2.24) is 15.2 Å². The summed E-state index contributed by atoms with van der Waals surface area (Å²) in [6.07, 6.45) is 3.48. The number of aromatic nitrogens is 2. The molecule has 0 aliphatic rings. The van der Waals surface area contributed by atoms with E-state index in [9.17, 15) is 4.79 Å². The van der Waals surface area contributed by atoms with Gasteiger partial charge in [0.25, 0.3) is 5.91 Å². The molecular formula is C24H20N4O2. The van der Waals surface area contributed by atoms with E-state index in [1.807, 2.05) is 72.9 Å². The van der Waals surface area contributed by atoms with E-state index in [1.165, 1.54) is 7.11 Å². The van der Waals surface area contributed by atoms with E-state index in [4.69, 9.17) is 9.84 Å². The highest BCUT2D eigenvalue weighted by Crippen LogP contribution is 2.22. The first-order chi connectivity index (χ1) is 14.8. The molecule has 0 radical (unpaired) electrons. The number of benzene rings is 3. The summed E-state index contributed by atoms with van der Waals surface area (Å²) < 4.78 is 7.03. The normalized spacial score (nSPS) is 10.8. The molecule has 1 amide bonds. The first-order valence-electron chi connectivity index (χ1n) is 9.43. The second-order valence-electron chi connectivity index (χ2n) is 6.48. The molecule has 0 spiro atoms. The highest BCUT2D eigenvalue weighted by atomic mass is 16.5. The van der Waals surface area contributed by atoms with Gasteiger partial charge >= 0.3 is 0 Å². The van der Waals surface area contributed by atoms with Crippen molar-refractivity contribution in [3.05, 3.63) is 102 Å². The van der Waals surface area contributed by atoms with Crippen molar-refractivity contribution in [2.45, 2.75) is 0 Å². The monoisotopic (exact) mass is 396 g/mol. The Hall–Kier alpha value is -4.19. The fourth-order valence-corrected chi connectivity index (χ4v) is 3.07. The molecule has 4 aromatic rings. The van der Waals surface area contributed by atoms with Crippen LogP contribution in [-0.2, 0) is 0 Å². The summed E-state index contributed by atoms with van der Waals surface area (Å²) in [4.78, 5) is 12.5. The lowest BCUT2D eigenvalue weighted by molar-refractivity contribution is 0.0952. The number of hydrogen-bond donors (Lipinski definition) is 1. The maximum Gasteiger partial charge on any atom is 0.275 e. The molecule has 0 atom stereocenters. The Bertz CT molecular complexity index is 1170. The Balaban J connectivity index is 1.63. The molecule has 1 aromatic heterocycles. The third kappa shape index (κ3) is 4.12. The highest BCUT2D eigenvalue weighted by Gasteiger charge is 2.12. The van der Waals surface area contributed by atoms with Gasteiger partial charge in [0, 0.05) is 17.3 Å². The van der Waals surface area contributed by atoms with Crippen molar-refractivity contribution in [2.24, 2.45) is 5.10 Å². The highest BCUT2D eigenvalue weighted by molar-refractivity contribution is 5.97. The number of nitrogens with one attached hydrogen (secondary N) is 1. The van der Waals surface area contributed by atoms with Crippen LogP contribution in [0.3, 0.4) is 0 Å². The molecule has 4 rings (SSSR count). The largest absolute Gasteiger partial charge is 0.496 e. The fraction of sp³-hybridized carbons (Fsp3) is 0.0417. The van der Waals surface area contributed by atoms with Crippen LogP contribution in [0.15, 0.2) is 96.2 Å². The van der Waals surface area contributed by atoms with Gasteiger partial charge in [-0.1, -0.05) is 60.7 Å². The molecule has 0 fully saturated rings. The molecule has 6 heteroatoms. The molecule has 0 aliphatic carbocycles. The average molecular weight is 396 g/mol. The average Bonchev–Trinajstić information content (AvgIpc) is 3.24. The summed E-state index contributed by atoms with van der Waals surface area (Å²) in [5.41, 5.74) is 6.44. The van der Waals surface area contributed by atoms with Crippen molar-refractivity contribution in [2.75, 3.05) is 7.11 Å². The molecule has 1 N–H and O–H groups in total. The van der Waals surface area contributed by atoms with Gasteiger partial charge in [0.1, 0.15) is 11.4 Å². The van der Waals surface area contributed by atoms with Crippen LogP contribution in [0.5, 0.6) is 5.75 Å². The van der Waals surface area contributed by atoms with E-state index in [2.05, 4.69) is 10.5 Å². The third-order valence-corrected chi connectivity index (χ3v) is 4.53. The molecule has 1 heterocycles. The van der Waals surface area contributed by atoms with Crippen LogP contribution in [0, 0.1) is 0 Å². The second kappa shape index (κ2) is 8.87. The molecule has 0 bridgehead atoms. The molecule has 3 aromatic carbocycles. The SMILES string of the molecule is COc1ccccc1C(=O)N/N=C/c1cn(-c2ccccc2)nc1-c1ccccc1. The minimum atomic E-state index is -0.347. The molecule has 0 unspecified atom stereocenters. The minimum absolute atomic E-state index is 0.347. The van der Waals surface area contributed by atoms with Crippen molar-refractivity contribution < 1.29 is 9.53 Å². The van der Waals surface area contributed by atoms with Crippen molar-refractivity contribution in [1.29, 1.82) is 0 Å². The maximum absolute atomic E-state index is 12.5. The topological polar surface area (TPSA) is 68.5 Å². The Morgan fingerprint density at radius 3 is 2.37 bits per heavy atom. The number of rotatable bonds is 6. The molecule has 0 saturated carbocycles. The number of carbonyl (C=O) groups is 1. The number of hydrogen-bond acceptors (Lipinski definition) is 4. The van der Waals surface area contributed by atoms with Crippen molar-refractivity contribution in [3.8, 4) is 22.7 Å². The van der Waals surface area contributed by atoms with E-state index >= 15 is 0 Å². The van der Waals surface area contributed by atoms with Crippen LogP contribution >= 0.6 is 0 Å². The Kier molecular flexibility index (Phi) is 5.66. The number of para-hydroxylation sites is 2. The standard InChI is InChI=1S/C24H20N4O2/c1-30-22-15-9-8-14-21(22)24(29)26-25-16-19-17-28(20-12-6-3-7-13-20)27-23(19)18-10-4-2-5-11-18/h2-17H,1H3,(H,26,29)/b25-16+. The molecule has 30 heavy (non-hydrogen) atoms. The number of ether oxygens (including phenoxy) is 1. The van der Waals surface area contributed by atoms with Gasteiger partial charge < -0.3 is 4.74 Å². The summed E-state index contributed by atoms with van der Waals surface area (Å²) >= 11 is 0. The smallest absolute Gasteiger partial charge is 0.275 e. The van der Waals surface area contributed by atoms with Crippen LogP contribution in [0.2, 0.25) is 0 Å². The van der Waals surface area contributed by atoms with Crippen LogP contribution < -0.4 is 10.2 Å². The van der Waals surface area contributed by atoms with Crippen LogP contribution in [0.25, 0.3) is 16.9 Å². The van der Waals surface area contributed by atoms with Gasteiger partial charge in [-0.05, 0) is 24.3 Å². The maximum atomic E-state index is 12.5.